The zero-order valence-electron chi connectivity index (χ0n) is 19.2. The van der Waals surface area contributed by atoms with Crippen LogP contribution in [0, 0.1) is 5.92 Å². The summed E-state index contributed by atoms with van der Waals surface area (Å²) in [6.45, 7) is 11.0. The van der Waals surface area contributed by atoms with Gasteiger partial charge in [0.25, 0.3) is 0 Å². The maximum Gasteiger partial charge on any atom is 0.323 e. The number of hydrogen-bond acceptors (Lipinski definition) is 6. The van der Waals surface area contributed by atoms with Crippen molar-refractivity contribution in [1.82, 2.24) is 20.1 Å². The van der Waals surface area contributed by atoms with Crippen molar-refractivity contribution < 1.29 is 14.3 Å². The Morgan fingerprint density at radius 1 is 1.09 bits per heavy atom. The minimum atomic E-state index is -0.285. The van der Waals surface area contributed by atoms with Gasteiger partial charge in [0.15, 0.2) is 0 Å². The lowest BCUT2D eigenvalue weighted by Crippen LogP contribution is -2.57. The second kappa shape index (κ2) is 13.7. The summed E-state index contributed by atoms with van der Waals surface area (Å²) in [5.41, 5.74) is 1.14. The number of halogens is 2. The van der Waals surface area contributed by atoms with Crippen molar-refractivity contribution in [2.24, 2.45) is 5.92 Å². The van der Waals surface area contributed by atoms with E-state index < -0.39 is 0 Å². The van der Waals surface area contributed by atoms with Crippen molar-refractivity contribution in [2.75, 3.05) is 50.8 Å². The Bertz CT molecular complexity index is 702. The Hall–Kier alpha value is -1.77. The van der Waals surface area contributed by atoms with Gasteiger partial charge >= 0.3 is 12.0 Å². The highest BCUT2D eigenvalue weighted by Gasteiger charge is 2.30. The maximum atomic E-state index is 12.8. The summed E-state index contributed by atoms with van der Waals surface area (Å²) < 4.78 is 5.39. The molecule has 0 saturated carbocycles. The molecule has 0 aromatic carbocycles. The van der Waals surface area contributed by atoms with Gasteiger partial charge in [-0.25, -0.2) is 4.79 Å². The third kappa shape index (κ3) is 7.98. The third-order valence-electron chi connectivity index (χ3n) is 5.82. The molecule has 0 spiro atoms. The van der Waals surface area contributed by atoms with E-state index in [1.165, 1.54) is 0 Å². The molecule has 32 heavy (non-hydrogen) atoms. The van der Waals surface area contributed by atoms with Crippen LogP contribution in [0.5, 0.6) is 0 Å². The third-order valence-corrected chi connectivity index (χ3v) is 5.82. The molecule has 2 unspecified atom stereocenters. The van der Waals surface area contributed by atoms with Gasteiger partial charge in [-0.05, 0) is 44.4 Å². The second-order valence-corrected chi connectivity index (χ2v) is 8.66. The number of likely N-dealkylation sites (tertiary alicyclic amines) is 1. The number of hydrogen-bond donors (Lipinski definition) is 1. The molecule has 2 aliphatic heterocycles. The van der Waals surface area contributed by atoms with Gasteiger partial charge in [0.05, 0.1) is 6.61 Å². The molecular weight excluding hydrogens is 453 g/mol. The summed E-state index contributed by atoms with van der Waals surface area (Å²) in [6.07, 6.45) is 5.49. The number of pyridine rings is 1. The molecule has 10 heteroatoms. The number of piperidine rings is 1. The lowest BCUT2D eigenvalue weighted by Gasteiger charge is -2.39. The number of carbonyl (C=O) groups excluding carboxylic acids is 2. The van der Waals surface area contributed by atoms with Crippen LogP contribution in [-0.2, 0) is 9.53 Å². The molecule has 8 nitrogen and oxygen atoms in total. The average molecular weight is 490 g/mol. The van der Waals surface area contributed by atoms with Crippen LogP contribution >= 0.6 is 24.8 Å². The van der Waals surface area contributed by atoms with Crippen molar-refractivity contribution in [3.8, 4) is 0 Å². The first kappa shape index (κ1) is 28.3. The number of rotatable bonds is 6. The number of nitrogens with zero attached hydrogens (tertiary/aromatic N) is 4. The number of nitrogens with one attached hydrogen (secondary N) is 1. The molecule has 2 aliphatic rings. The lowest BCUT2D eigenvalue weighted by atomic mass is 10.0. The molecule has 2 atom stereocenters. The van der Waals surface area contributed by atoms with Crippen LogP contribution in [0.3, 0.4) is 0 Å². The number of amides is 2. The fraction of sp³-hybridized carbons (Fsp3) is 0.682. The number of ether oxygens (including phenoxy) is 1. The first-order valence-electron chi connectivity index (χ1n) is 11.0. The van der Waals surface area contributed by atoms with E-state index in [2.05, 4.69) is 20.1 Å². The van der Waals surface area contributed by atoms with Crippen molar-refractivity contribution in [1.29, 1.82) is 0 Å². The lowest BCUT2D eigenvalue weighted by molar-refractivity contribution is -0.151. The van der Waals surface area contributed by atoms with Crippen LogP contribution in [-0.4, -0.2) is 84.7 Å². The van der Waals surface area contributed by atoms with E-state index >= 15 is 0 Å². The van der Waals surface area contributed by atoms with Gasteiger partial charge in [-0.2, -0.15) is 0 Å². The Morgan fingerprint density at radius 2 is 1.75 bits per heavy atom. The van der Waals surface area contributed by atoms with Gasteiger partial charge in [0.1, 0.15) is 6.04 Å². The van der Waals surface area contributed by atoms with E-state index in [0.29, 0.717) is 32.2 Å². The van der Waals surface area contributed by atoms with Gasteiger partial charge in [0, 0.05) is 56.8 Å². The van der Waals surface area contributed by atoms with Crippen molar-refractivity contribution >= 4 is 42.5 Å². The second-order valence-electron chi connectivity index (χ2n) is 8.66. The quantitative estimate of drug-likeness (QED) is 0.618. The van der Waals surface area contributed by atoms with Gasteiger partial charge in [-0.15, -0.1) is 24.8 Å². The fourth-order valence-electron chi connectivity index (χ4n) is 3.98. The van der Waals surface area contributed by atoms with Crippen LogP contribution in [0.4, 0.5) is 10.5 Å². The summed E-state index contributed by atoms with van der Waals surface area (Å²) >= 11 is 0. The molecule has 0 aliphatic carbocycles. The molecule has 3 rings (SSSR count). The summed E-state index contributed by atoms with van der Waals surface area (Å²) in [5.74, 6) is 0.150. The summed E-state index contributed by atoms with van der Waals surface area (Å²) in [7, 11) is 0. The standard InChI is InChI=1S/C22H35N5O3.2ClH/c1-17(2)16-30-21(28)18(3)27-10-4-5-19(15-27)24-22(29)26-13-11-25(12-14-26)20-6-8-23-9-7-20;;/h6-9,17-19H,4-5,10-16H2,1-3H3,(H,24,29);2*1H. The highest BCUT2D eigenvalue weighted by Crippen LogP contribution is 2.17. The molecule has 1 aromatic rings. The Morgan fingerprint density at radius 3 is 2.38 bits per heavy atom. The van der Waals surface area contributed by atoms with E-state index in [0.717, 1.165) is 38.2 Å². The summed E-state index contributed by atoms with van der Waals surface area (Å²) in [6, 6.07) is 3.77. The van der Waals surface area contributed by atoms with E-state index in [4.69, 9.17) is 4.74 Å². The molecule has 0 radical (unpaired) electrons. The van der Waals surface area contributed by atoms with Crippen molar-refractivity contribution in [2.45, 2.75) is 45.7 Å². The SMILES string of the molecule is CC(C)COC(=O)C(C)N1CCCC(NC(=O)N2CCN(c3ccncc3)CC2)C1.Cl.Cl. The number of piperazine rings is 1. The van der Waals surface area contributed by atoms with E-state index in [1.807, 2.05) is 37.8 Å². The number of carbonyl (C=O) groups is 2. The highest BCUT2D eigenvalue weighted by atomic mass is 35.5. The Balaban J connectivity index is 0.00000256. The van der Waals surface area contributed by atoms with E-state index in [1.54, 1.807) is 12.4 Å². The monoisotopic (exact) mass is 489 g/mol. The fourth-order valence-corrected chi connectivity index (χ4v) is 3.98. The molecule has 1 N–H and O–H groups in total. The van der Waals surface area contributed by atoms with Gasteiger partial charge < -0.3 is 19.9 Å². The zero-order valence-corrected chi connectivity index (χ0v) is 20.9. The smallest absolute Gasteiger partial charge is 0.323 e. The minimum Gasteiger partial charge on any atom is -0.464 e. The van der Waals surface area contributed by atoms with E-state index in [-0.39, 0.29) is 48.9 Å². The predicted octanol–water partition coefficient (Wildman–Crippen LogP) is 2.81. The molecule has 2 amide bonds. The summed E-state index contributed by atoms with van der Waals surface area (Å²) in [5, 5.41) is 3.18. The predicted molar refractivity (Wildman–Crippen MR) is 131 cm³/mol. The first-order chi connectivity index (χ1) is 14.4. The zero-order chi connectivity index (χ0) is 21.5. The molecule has 182 valence electrons. The van der Waals surface area contributed by atoms with Gasteiger partial charge in [0.2, 0.25) is 0 Å². The molecule has 3 heterocycles. The van der Waals surface area contributed by atoms with Crippen LogP contribution in [0.1, 0.15) is 33.6 Å². The van der Waals surface area contributed by atoms with Crippen molar-refractivity contribution in [3.63, 3.8) is 0 Å². The summed E-state index contributed by atoms with van der Waals surface area (Å²) in [4.78, 5) is 35.4. The van der Waals surface area contributed by atoms with Crippen LogP contribution in [0.2, 0.25) is 0 Å². The molecule has 2 saturated heterocycles. The topological polar surface area (TPSA) is 78.0 Å². The minimum absolute atomic E-state index is 0. The maximum absolute atomic E-state index is 12.8. The van der Waals surface area contributed by atoms with E-state index in [9.17, 15) is 9.59 Å². The van der Waals surface area contributed by atoms with Gasteiger partial charge in [-0.1, -0.05) is 13.8 Å². The number of urea groups is 1. The Labute approximate surface area is 203 Å². The number of esters is 1. The van der Waals surface area contributed by atoms with Crippen molar-refractivity contribution in [3.05, 3.63) is 24.5 Å². The van der Waals surface area contributed by atoms with Crippen LogP contribution < -0.4 is 10.2 Å². The Kier molecular flexibility index (Phi) is 12.1. The normalized spacial score (nSPS) is 20.1. The number of anilines is 1. The van der Waals surface area contributed by atoms with Crippen LogP contribution in [0.25, 0.3) is 0 Å². The average Bonchev–Trinajstić information content (AvgIpc) is 2.77. The molecule has 0 bridgehead atoms. The molecular formula is C22H37Cl2N5O3. The molecule has 2 fully saturated rings. The largest absolute Gasteiger partial charge is 0.464 e. The first-order valence-corrected chi connectivity index (χ1v) is 11.0. The number of aromatic nitrogens is 1. The highest BCUT2D eigenvalue weighted by molar-refractivity contribution is 5.85. The van der Waals surface area contributed by atoms with Crippen LogP contribution in [0.15, 0.2) is 24.5 Å². The molecule has 1 aromatic heterocycles. The van der Waals surface area contributed by atoms with Gasteiger partial charge in [-0.3, -0.25) is 14.7 Å².